The third-order valence-electron chi connectivity index (χ3n) is 12.4. The highest BCUT2D eigenvalue weighted by molar-refractivity contribution is 6.10. The van der Waals surface area contributed by atoms with Crippen LogP contribution in [0.3, 0.4) is 0 Å². The maximum Gasteiger partial charge on any atom is 0.416 e. The van der Waals surface area contributed by atoms with Crippen molar-refractivity contribution < 1.29 is 33.3 Å². The molecule has 3 N–H and O–H groups in total. The van der Waals surface area contributed by atoms with E-state index in [0.29, 0.717) is 44.3 Å². The van der Waals surface area contributed by atoms with Crippen molar-refractivity contribution in [3.8, 4) is 0 Å². The molecule has 0 heterocycles. The van der Waals surface area contributed by atoms with Gasteiger partial charge in [-0.2, -0.15) is 13.2 Å². The van der Waals surface area contributed by atoms with Crippen molar-refractivity contribution in [2.24, 2.45) is 33.5 Å². The molecule has 6 aliphatic rings. The Morgan fingerprint density at radius 1 is 1.05 bits per heavy atom. The number of aliphatic hydroxyl groups excluding tert-OH is 2. The fourth-order valence-electron chi connectivity index (χ4n) is 10.3. The minimum Gasteiger partial charge on any atom is -0.395 e. The number of carbonyl (C=O) groups excluding carboxylic acids is 1. The van der Waals surface area contributed by atoms with Crippen molar-refractivity contribution in [2.45, 2.75) is 76.7 Å². The topological polar surface area (TPSA) is 81.0 Å². The Bertz CT molecular complexity index is 1310. The lowest BCUT2D eigenvalue weighted by Gasteiger charge is -2.71. The van der Waals surface area contributed by atoms with Gasteiger partial charge in [0.05, 0.1) is 23.9 Å². The first-order valence-corrected chi connectivity index (χ1v) is 15.0. The lowest BCUT2D eigenvalue weighted by atomic mass is 9.32. The van der Waals surface area contributed by atoms with Gasteiger partial charge in [0.2, 0.25) is 0 Å². The number of ketones is 1. The third kappa shape index (κ3) is 3.86. The first kappa shape index (κ1) is 29.1. The van der Waals surface area contributed by atoms with Gasteiger partial charge in [0.1, 0.15) is 0 Å². The van der Waals surface area contributed by atoms with E-state index in [2.05, 4.69) is 26.0 Å². The van der Waals surface area contributed by atoms with E-state index in [0.717, 1.165) is 31.4 Å². The van der Waals surface area contributed by atoms with Crippen LogP contribution in [-0.4, -0.2) is 64.5 Å². The number of rotatable bonds is 6. The van der Waals surface area contributed by atoms with Crippen LogP contribution in [0.25, 0.3) is 0 Å². The van der Waals surface area contributed by atoms with Gasteiger partial charge in [-0.3, -0.25) is 4.79 Å². The number of fused-ring (bicyclic) bond motifs is 1. The number of nitrogens with zero attached hydrogens (tertiary/aromatic N) is 1. The van der Waals surface area contributed by atoms with Gasteiger partial charge in [-0.1, -0.05) is 44.2 Å². The van der Waals surface area contributed by atoms with E-state index in [-0.39, 0.29) is 35.2 Å². The van der Waals surface area contributed by atoms with Crippen LogP contribution in [0.1, 0.15) is 74.7 Å². The largest absolute Gasteiger partial charge is 0.416 e. The quantitative estimate of drug-likeness (QED) is 0.314. The van der Waals surface area contributed by atoms with Gasteiger partial charge in [-0.15, -0.1) is 0 Å². The van der Waals surface area contributed by atoms with Crippen LogP contribution in [-0.2, 0) is 6.18 Å². The summed E-state index contributed by atoms with van der Waals surface area (Å²) in [5.74, 6) is -0.401. The van der Waals surface area contributed by atoms with Gasteiger partial charge in [0, 0.05) is 40.5 Å². The fourth-order valence-corrected chi connectivity index (χ4v) is 10.3. The monoisotopic (exact) mass is 573 g/mol. The highest BCUT2D eigenvalue weighted by Gasteiger charge is 2.74. The number of alkyl halides is 3. The summed E-state index contributed by atoms with van der Waals surface area (Å²) in [7, 11) is 1.89. The number of hydrogen-bond donors (Lipinski definition) is 3. The second-order valence-electron chi connectivity index (χ2n) is 14.2. The Morgan fingerprint density at radius 2 is 1.73 bits per heavy atom. The summed E-state index contributed by atoms with van der Waals surface area (Å²) in [4.78, 5) is 16.4. The van der Waals surface area contributed by atoms with Gasteiger partial charge in [0.15, 0.2) is 5.78 Å². The normalized spacial score (nSPS) is 43.0. The zero-order chi connectivity index (χ0) is 29.6. The van der Waals surface area contributed by atoms with Gasteiger partial charge in [-0.05, 0) is 81.4 Å². The second kappa shape index (κ2) is 9.25. The smallest absolute Gasteiger partial charge is 0.395 e. The molecule has 224 valence electrons. The number of allylic oxidation sites excluding steroid dienone is 4. The second-order valence-corrected chi connectivity index (χ2v) is 14.2. The van der Waals surface area contributed by atoms with Crippen molar-refractivity contribution in [1.82, 2.24) is 4.90 Å². The van der Waals surface area contributed by atoms with Crippen LogP contribution in [0.2, 0.25) is 0 Å². The number of halogens is 3. The number of Topliss-reactive ketones (excluding diaryl/α,β-unsaturated/α-hetero) is 1. The fraction of sp³-hybridized carbons (Fsp3) is 0.667. The Labute approximate surface area is 240 Å². The molecule has 2 bridgehead atoms. The molecule has 1 aromatic carbocycles. The molecule has 41 heavy (non-hydrogen) atoms. The third-order valence-corrected chi connectivity index (χ3v) is 12.4. The van der Waals surface area contributed by atoms with Gasteiger partial charge in [0.25, 0.3) is 0 Å². The molecule has 0 radical (unpaired) electrons. The van der Waals surface area contributed by atoms with E-state index in [1.807, 2.05) is 18.0 Å². The van der Waals surface area contributed by atoms with Crippen LogP contribution < -0.4 is 0 Å². The van der Waals surface area contributed by atoms with Gasteiger partial charge < -0.3 is 20.2 Å². The molecule has 5 nitrogen and oxygen atoms in total. The maximum absolute atomic E-state index is 14.5. The molecule has 1 unspecified atom stereocenters. The molecule has 3 saturated carbocycles. The predicted molar refractivity (Wildman–Crippen MR) is 149 cm³/mol. The molecule has 3 fully saturated rings. The van der Waals surface area contributed by atoms with Gasteiger partial charge in [-0.25, -0.2) is 0 Å². The van der Waals surface area contributed by atoms with Crippen molar-refractivity contribution in [2.75, 3.05) is 26.7 Å². The minimum absolute atomic E-state index is 0.00780. The number of hydrogen-bond acceptors (Lipinski definition) is 5. The first-order valence-electron chi connectivity index (χ1n) is 15.0. The molecular formula is C33H42F3NO4. The molecular weight excluding hydrogens is 531 g/mol. The highest BCUT2D eigenvalue weighted by Crippen LogP contribution is 2.78. The standard InChI is InChI=1S/C33H42F3NO4/c1-28-10-7-23(39)18-30(28)13-14-32(24(19-30)27(40)21-5-4-6-22(17-21)33(34,35)36)25(28)8-11-29(2)26(32)9-12-31(29,41)20-37(3)15-16-38/h4-6,13-14,17,19,23,25-26,38-39,41H,7-12,15-16,18,20H2,1-3H3/t23?,25-,26-,28-,29+,30+,31-,32-/m1/s1. The molecule has 1 aromatic rings. The average Bonchev–Trinajstić information content (AvgIpc) is 3.18. The van der Waals surface area contributed by atoms with Crippen LogP contribution in [0.5, 0.6) is 0 Å². The lowest BCUT2D eigenvalue weighted by Crippen LogP contribution is -2.67. The number of aliphatic hydroxyl groups is 3. The van der Waals surface area contributed by atoms with Crippen molar-refractivity contribution in [3.05, 3.63) is 59.2 Å². The molecule has 8 atom stereocenters. The minimum atomic E-state index is -4.56. The summed E-state index contributed by atoms with van der Waals surface area (Å²) in [6.07, 6.45) is 6.10. The summed E-state index contributed by atoms with van der Waals surface area (Å²) in [5.41, 5.74) is -3.33. The zero-order valence-electron chi connectivity index (χ0n) is 24.2. The van der Waals surface area contributed by atoms with Crippen LogP contribution >= 0.6 is 0 Å². The summed E-state index contributed by atoms with van der Waals surface area (Å²) in [6, 6.07) is 4.72. The number of benzene rings is 1. The molecule has 8 heteroatoms. The average molecular weight is 574 g/mol. The van der Waals surface area contributed by atoms with E-state index < -0.39 is 39.7 Å². The predicted octanol–water partition coefficient (Wildman–Crippen LogP) is 5.40. The van der Waals surface area contributed by atoms with E-state index in [4.69, 9.17) is 0 Å². The first-order chi connectivity index (χ1) is 19.2. The Balaban J connectivity index is 1.51. The van der Waals surface area contributed by atoms with Crippen LogP contribution in [0, 0.1) is 33.5 Å². The Morgan fingerprint density at radius 3 is 2.44 bits per heavy atom. The SMILES string of the molecule is CN(CCO)C[C@]1(O)CC[C@H]2[C@]34C=C[C@@]5(C=C3C(=O)c3cccc(C(F)(F)F)c3)CC(O)CC[C@]5(C)[C@H]4CC[C@@]21C. The number of likely N-dealkylation sites (N-methyl/N-ethyl adjacent to an activating group) is 1. The summed E-state index contributed by atoms with van der Waals surface area (Å²) < 4.78 is 41.0. The van der Waals surface area contributed by atoms with E-state index >= 15 is 0 Å². The molecule has 0 aromatic heterocycles. The maximum atomic E-state index is 14.5. The zero-order valence-corrected chi connectivity index (χ0v) is 24.2. The summed E-state index contributed by atoms with van der Waals surface area (Å²) in [6.45, 7) is 5.25. The Hall–Kier alpha value is -2.00. The van der Waals surface area contributed by atoms with Crippen molar-refractivity contribution in [3.63, 3.8) is 0 Å². The van der Waals surface area contributed by atoms with Gasteiger partial charge >= 0.3 is 6.18 Å². The van der Waals surface area contributed by atoms with E-state index in [9.17, 15) is 33.3 Å². The molecule has 2 spiro atoms. The van der Waals surface area contributed by atoms with Crippen molar-refractivity contribution >= 4 is 5.78 Å². The number of carbonyl (C=O) groups is 1. The van der Waals surface area contributed by atoms with Crippen molar-refractivity contribution in [1.29, 1.82) is 0 Å². The van der Waals surface area contributed by atoms with Crippen LogP contribution in [0.15, 0.2) is 48.1 Å². The molecule has 0 saturated heterocycles. The van der Waals surface area contributed by atoms with E-state index in [1.165, 1.54) is 12.1 Å². The molecule has 0 amide bonds. The molecule has 7 rings (SSSR count). The summed E-state index contributed by atoms with van der Waals surface area (Å²) >= 11 is 0. The van der Waals surface area contributed by atoms with E-state index in [1.54, 1.807) is 0 Å². The summed E-state index contributed by atoms with van der Waals surface area (Å²) in [5, 5.41) is 32.5. The highest BCUT2D eigenvalue weighted by atomic mass is 19.4. The van der Waals surface area contributed by atoms with Crippen LogP contribution in [0.4, 0.5) is 13.2 Å². The molecule has 6 aliphatic carbocycles. The Kier molecular flexibility index (Phi) is 6.56. The lowest BCUT2D eigenvalue weighted by molar-refractivity contribution is -0.175. The molecule has 0 aliphatic heterocycles.